The number of hydrogen-bond donors (Lipinski definition) is 1. The maximum atomic E-state index is 13.1. The number of carbonyl (C=O) groups is 1. The molecule has 0 spiro atoms. The molecule has 35 heavy (non-hydrogen) atoms. The summed E-state index contributed by atoms with van der Waals surface area (Å²) in [6, 6.07) is 23.4. The van der Waals surface area contributed by atoms with Crippen LogP contribution in [0.3, 0.4) is 0 Å². The first-order chi connectivity index (χ1) is 17.0. The number of rotatable bonds is 7. The van der Waals surface area contributed by atoms with Gasteiger partial charge in [-0.05, 0) is 77.1 Å². The highest BCUT2D eigenvalue weighted by Gasteiger charge is 2.22. The molecule has 5 nitrogen and oxygen atoms in total. The molecule has 0 unspecified atom stereocenters. The molecule has 5 aromatic rings. The van der Waals surface area contributed by atoms with E-state index in [1.54, 1.807) is 6.07 Å². The van der Waals surface area contributed by atoms with Crippen molar-refractivity contribution in [2.75, 3.05) is 6.61 Å². The van der Waals surface area contributed by atoms with Crippen LogP contribution in [0, 0.1) is 6.92 Å². The highest BCUT2D eigenvalue weighted by Crippen LogP contribution is 2.35. The molecule has 5 rings (SSSR count). The molecule has 6 heteroatoms. The SMILES string of the molecule is CCCOc1ccc(-c2sc3cc(Cc4cccc5ccccc45)cc(=O)n3c2C(=O)O)cc1C. The third-order valence-corrected chi connectivity index (χ3v) is 7.22. The lowest BCUT2D eigenvalue weighted by Gasteiger charge is -2.09. The summed E-state index contributed by atoms with van der Waals surface area (Å²) >= 11 is 1.32. The molecule has 0 saturated heterocycles. The van der Waals surface area contributed by atoms with Crippen molar-refractivity contribution in [1.29, 1.82) is 0 Å². The zero-order valence-electron chi connectivity index (χ0n) is 19.6. The second-order valence-corrected chi connectivity index (χ2v) is 9.63. The van der Waals surface area contributed by atoms with Gasteiger partial charge >= 0.3 is 5.97 Å². The van der Waals surface area contributed by atoms with Crippen LogP contribution in [0.15, 0.2) is 77.6 Å². The largest absolute Gasteiger partial charge is 0.493 e. The number of hydrogen-bond acceptors (Lipinski definition) is 4. The van der Waals surface area contributed by atoms with Crippen molar-refractivity contribution in [3.05, 3.63) is 106 Å². The minimum absolute atomic E-state index is 0.00617. The summed E-state index contributed by atoms with van der Waals surface area (Å²) in [5.74, 6) is -0.345. The summed E-state index contributed by atoms with van der Waals surface area (Å²) < 4.78 is 7.08. The van der Waals surface area contributed by atoms with Crippen molar-refractivity contribution in [2.45, 2.75) is 26.7 Å². The summed E-state index contributed by atoms with van der Waals surface area (Å²) in [5.41, 5.74) is 3.32. The Hall–Kier alpha value is -3.90. The number of nitrogens with zero attached hydrogens (tertiary/aromatic N) is 1. The number of thiazole rings is 1. The van der Waals surface area contributed by atoms with E-state index in [1.165, 1.54) is 15.7 Å². The zero-order chi connectivity index (χ0) is 24.5. The van der Waals surface area contributed by atoms with E-state index in [2.05, 4.69) is 24.3 Å². The van der Waals surface area contributed by atoms with Crippen LogP contribution >= 0.6 is 11.3 Å². The molecule has 176 valence electrons. The van der Waals surface area contributed by atoms with E-state index in [-0.39, 0.29) is 11.3 Å². The van der Waals surface area contributed by atoms with E-state index >= 15 is 0 Å². The predicted octanol–water partition coefficient (Wildman–Crippen LogP) is 6.57. The molecular weight excluding hydrogens is 458 g/mol. The van der Waals surface area contributed by atoms with Crippen LogP contribution in [0.1, 0.15) is 40.5 Å². The Morgan fingerprint density at radius 2 is 1.83 bits per heavy atom. The molecule has 0 atom stereocenters. The van der Waals surface area contributed by atoms with Crippen molar-refractivity contribution in [3.8, 4) is 16.2 Å². The smallest absolute Gasteiger partial charge is 0.354 e. The molecule has 0 fully saturated rings. The number of ether oxygens (including phenoxy) is 1. The topological polar surface area (TPSA) is 68.0 Å². The van der Waals surface area contributed by atoms with Crippen LogP contribution in [0.5, 0.6) is 5.75 Å². The number of aromatic nitrogens is 1. The van der Waals surface area contributed by atoms with Crippen LogP contribution in [-0.2, 0) is 6.42 Å². The second kappa shape index (κ2) is 9.39. The van der Waals surface area contributed by atoms with Gasteiger partial charge in [-0.1, -0.05) is 49.4 Å². The lowest BCUT2D eigenvalue weighted by Crippen LogP contribution is -2.17. The van der Waals surface area contributed by atoms with E-state index in [1.807, 2.05) is 56.3 Å². The minimum atomic E-state index is -1.13. The van der Waals surface area contributed by atoms with Crippen LogP contribution in [0.25, 0.3) is 26.0 Å². The van der Waals surface area contributed by atoms with Gasteiger partial charge in [0, 0.05) is 6.07 Å². The fourth-order valence-electron chi connectivity index (χ4n) is 4.47. The highest BCUT2D eigenvalue weighted by molar-refractivity contribution is 7.21. The van der Waals surface area contributed by atoms with Gasteiger partial charge in [0.2, 0.25) is 0 Å². The molecule has 2 aromatic heterocycles. The molecule has 0 aliphatic heterocycles. The average molecular weight is 484 g/mol. The number of fused-ring (bicyclic) bond motifs is 2. The highest BCUT2D eigenvalue weighted by atomic mass is 32.1. The van der Waals surface area contributed by atoms with Crippen molar-refractivity contribution >= 4 is 32.9 Å². The van der Waals surface area contributed by atoms with Gasteiger partial charge in [-0.15, -0.1) is 11.3 Å². The lowest BCUT2D eigenvalue weighted by molar-refractivity contribution is 0.0690. The van der Waals surface area contributed by atoms with Gasteiger partial charge in [0.15, 0.2) is 5.69 Å². The third kappa shape index (κ3) is 4.33. The quantitative estimate of drug-likeness (QED) is 0.284. The molecule has 3 aromatic carbocycles. The number of carboxylic acids is 1. The van der Waals surface area contributed by atoms with Gasteiger partial charge < -0.3 is 9.84 Å². The Morgan fingerprint density at radius 1 is 1.03 bits per heavy atom. The lowest BCUT2D eigenvalue weighted by atomic mass is 9.99. The van der Waals surface area contributed by atoms with Crippen LogP contribution < -0.4 is 10.3 Å². The maximum Gasteiger partial charge on any atom is 0.354 e. The van der Waals surface area contributed by atoms with Gasteiger partial charge in [-0.3, -0.25) is 9.20 Å². The van der Waals surface area contributed by atoms with Crippen molar-refractivity contribution in [3.63, 3.8) is 0 Å². The zero-order valence-corrected chi connectivity index (χ0v) is 20.4. The maximum absolute atomic E-state index is 13.1. The van der Waals surface area contributed by atoms with Crippen LogP contribution in [0.4, 0.5) is 0 Å². The molecule has 2 heterocycles. The fraction of sp³-hybridized carbons (Fsp3) is 0.172. The Kier molecular flexibility index (Phi) is 6.14. The van der Waals surface area contributed by atoms with E-state index in [0.717, 1.165) is 45.2 Å². The van der Waals surface area contributed by atoms with Gasteiger partial charge in [0.05, 0.1) is 11.5 Å². The molecule has 0 amide bonds. The molecule has 0 radical (unpaired) electrons. The van der Waals surface area contributed by atoms with Gasteiger partial charge in [0.1, 0.15) is 10.6 Å². The number of aryl methyl sites for hydroxylation is 1. The van der Waals surface area contributed by atoms with Gasteiger partial charge in [0.25, 0.3) is 5.56 Å². The van der Waals surface area contributed by atoms with Gasteiger partial charge in [-0.25, -0.2) is 4.79 Å². The van der Waals surface area contributed by atoms with Crippen LogP contribution in [0.2, 0.25) is 0 Å². The Morgan fingerprint density at radius 3 is 2.60 bits per heavy atom. The van der Waals surface area contributed by atoms with E-state index < -0.39 is 5.97 Å². The summed E-state index contributed by atoms with van der Waals surface area (Å²) in [6.45, 7) is 4.61. The van der Waals surface area contributed by atoms with Crippen molar-refractivity contribution < 1.29 is 14.6 Å². The summed E-state index contributed by atoms with van der Waals surface area (Å²) in [5, 5.41) is 12.3. The molecule has 0 bridgehead atoms. The van der Waals surface area contributed by atoms with E-state index in [4.69, 9.17) is 4.74 Å². The summed E-state index contributed by atoms with van der Waals surface area (Å²) in [4.78, 5) is 26.6. The predicted molar refractivity (Wildman–Crippen MR) is 141 cm³/mol. The van der Waals surface area contributed by atoms with Crippen LogP contribution in [-0.4, -0.2) is 22.1 Å². The Balaban J connectivity index is 1.60. The monoisotopic (exact) mass is 483 g/mol. The van der Waals surface area contributed by atoms with Crippen molar-refractivity contribution in [2.24, 2.45) is 0 Å². The number of pyridine rings is 1. The molecule has 0 aliphatic rings. The Bertz CT molecular complexity index is 1620. The second-order valence-electron chi connectivity index (χ2n) is 8.60. The fourth-order valence-corrected chi connectivity index (χ4v) is 5.68. The molecule has 0 saturated carbocycles. The van der Waals surface area contributed by atoms with E-state index in [9.17, 15) is 14.7 Å². The molecule has 1 N–H and O–H groups in total. The molecule has 0 aliphatic carbocycles. The summed E-state index contributed by atoms with van der Waals surface area (Å²) in [7, 11) is 0. The first-order valence-electron chi connectivity index (χ1n) is 11.6. The first kappa shape index (κ1) is 22.9. The Labute approximate surface area is 206 Å². The van der Waals surface area contributed by atoms with Crippen molar-refractivity contribution in [1.82, 2.24) is 4.40 Å². The number of benzene rings is 3. The first-order valence-corrected chi connectivity index (χ1v) is 12.4. The van der Waals surface area contributed by atoms with Gasteiger partial charge in [-0.2, -0.15) is 0 Å². The number of aromatic carboxylic acids is 1. The average Bonchev–Trinajstić information content (AvgIpc) is 3.24. The normalized spacial score (nSPS) is 11.3. The molecular formula is C29H25NO4S. The van der Waals surface area contributed by atoms with E-state index in [0.29, 0.717) is 22.7 Å². The minimum Gasteiger partial charge on any atom is -0.493 e. The summed E-state index contributed by atoms with van der Waals surface area (Å²) in [6.07, 6.45) is 1.50. The number of carboxylic acid groups (broad SMARTS) is 1. The third-order valence-electron chi connectivity index (χ3n) is 6.08. The standard InChI is InChI=1S/C29H25NO4S/c1-3-13-34-24-12-11-22(14-18(24)2)28-27(29(32)33)30-25(31)16-19(17-26(30)35-28)15-21-9-6-8-20-7-4-5-10-23(20)21/h4-12,14,16-17H,3,13,15H2,1-2H3,(H,32,33).